The lowest BCUT2D eigenvalue weighted by molar-refractivity contribution is -0.144. The summed E-state index contributed by atoms with van der Waals surface area (Å²) < 4.78 is 5.47. The van der Waals surface area contributed by atoms with Gasteiger partial charge in [0.25, 0.3) is 0 Å². The molecule has 1 aliphatic heterocycles. The molecule has 4 rings (SSSR count). The molecule has 0 aliphatic carbocycles. The summed E-state index contributed by atoms with van der Waals surface area (Å²) in [6, 6.07) is 12.4. The smallest absolute Gasteiger partial charge is 0.329 e. The van der Waals surface area contributed by atoms with E-state index in [2.05, 4.69) is 15.3 Å². The summed E-state index contributed by atoms with van der Waals surface area (Å²) in [4.78, 5) is 33.5. The molecule has 168 valence electrons. The number of amides is 1. The van der Waals surface area contributed by atoms with Crippen molar-refractivity contribution in [2.45, 2.75) is 31.7 Å². The molecule has 1 fully saturated rings. The lowest BCUT2D eigenvalue weighted by Crippen LogP contribution is -2.42. The molecule has 0 unspecified atom stereocenters. The van der Waals surface area contributed by atoms with Crippen LogP contribution in [0.5, 0.6) is 0 Å². The SMILES string of the molecule is O=C(O)CO[C@@H]1C[C@@H](C(=O)NCc2nc3ccccc3[nH]2)N(Cc2ccc(Cl)cc2Cl)C1. The number of aromatic nitrogens is 2. The van der Waals surface area contributed by atoms with E-state index >= 15 is 0 Å². The molecular weight excluding hydrogens is 455 g/mol. The van der Waals surface area contributed by atoms with Crippen molar-refractivity contribution >= 4 is 46.1 Å². The van der Waals surface area contributed by atoms with Crippen molar-refractivity contribution in [2.24, 2.45) is 0 Å². The first kappa shape index (κ1) is 22.5. The summed E-state index contributed by atoms with van der Waals surface area (Å²) in [6.07, 6.45) is 0.00361. The van der Waals surface area contributed by atoms with Gasteiger partial charge in [0, 0.05) is 23.1 Å². The number of fused-ring (bicyclic) bond motifs is 1. The van der Waals surface area contributed by atoms with Gasteiger partial charge in [0.15, 0.2) is 0 Å². The maximum absolute atomic E-state index is 13.0. The number of rotatable bonds is 8. The van der Waals surface area contributed by atoms with E-state index in [1.807, 2.05) is 35.2 Å². The summed E-state index contributed by atoms with van der Waals surface area (Å²) in [5.41, 5.74) is 2.56. The number of nitrogens with one attached hydrogen (secondary N) is 2. The quantitative estimate of drug-likeness (QED) is 0.460. The maximum Gasteiger partial charge on any atom is 0.329 e. The van der Waals surface area contributed by atoms with Crippen LogP contribution in [-0.4, -0.2) is 57.1 Å². The van der Waals surface area contributed by atoms with Gasteiger partial charge >= 0.3 is 5.97 Å². The average Bonchev–Trinajstić information content (AvgIpc) is 3.36. The second-order valence-electron chi connectivity index (χ2n) is 7.66. The lowest BCUT2D eigenvalue weighted by Gasteiger charge is -2.23. The highest BCUT2D eigenvalue weighted by Gasteiger charge is 2.37. The Hall–Kier alpha value is -2.65. The Labute approximate surface area is 194 Å². The van der Waals surface area contributed by atoms with Gasteiger partial charge in [0.05, 0.1) is 29.7 Å². The van der Waals surface area contributed by atoms with Crippen LogP contribution in [0.15, 0.2) is 42.5 Å². The van der Waals surface area contributed by atoms with Crippen LogP contribution in [0.3, 0.4) is 0 Å². The summed E-state index contributed by atoms with van der Waals surface area (Å²) in [5.74, 6) is -0.574. The number of nitrogens with zero attached hydrogens (tertiary/aromatic N) is 2. The minimum absolute atomic E-state index is 0.183. The molecule has 2 atom stereocenters. The van der Waals surface area contributed by atoms with Gasteiger partial charge in [-0.15, -0.1) is 0 Å². The number of H-pyrrole nitrogens is 1. The highest BCUT2D eigenvalue weighted by molar-refractivity contribution is 6.35. The van der Waals surface area contributed by atoms with Gasteiger partial charge in [-0.2, -0.15) is 0 Å². The van der Waals surface area contributed by atoms with Gasteiger partial charge in [-0.05, 0) is 36.2 Å². The van der Waals surface area contributed by atoms with Crippen molar-refractivity contribution in [3.8, 4) is 0 Å². The lowest BCUT2D eigenvalue weighted by atomic mass is 10.1. The molecule has 0 radical (unpaired) electrons. The Kier molecular flexibility index (Phi) is 6.95. The minimum Gasteiger partial charge on any atom is -0.480 e. The topological polar surface area (TPSA) is 108 Å². The number of aliphatic carboxylic acids is 1. The van der Waals surface area contributed by atoms with Crippen molar-refractivity contribution in [1.29, 1.82) is 0 Å². The molecular formula is C22H22Cl2N4O4. The third kappa shape index (κ3) is 5.39. The van der Waals surface area contributed by atoms with Gasteiger partial charge in [0.2, 0.25) is 5.91 Å². The number of carbonyl (C=O) groups excluding carboxylic acids is 1. The van der Waals surface area contributed by atoms with Crippen LogP contribution >= 0.6 is 23.2 Å². The fourth-order valence-corrected chi connectivity index (χ4v) is 4.33. The second-order valence-corrected chi connectivity index (χ2v) is 8.51. The molecule has 1 aliphatic rings. The van der Waals surface area contributed by atoms with Crippen LogP contribution in [-0.2, 0) is 27.4 Å². The molecule has 3 aromatic rings. The Morgan fingerprint density at radius 2 is 2.06 bits per heavy atom. The number of para-hydroxylation sites is 2. The largest absolute Gasteiger partial charge is 0.480 e. The van der Waals surface area contributed by atoms with Gasteiger partial charge in [0.1, 0.15) is 12.4 Å². The summed E-state index contributed by atoms with van der Waals surface area (Å²) >= 11 is 12.3. The Morgan fingerprint density at radius 3 is 2.81 bits per heavy atom. The zero-order valence-electron chi connectivity index (χ0n) is 17.1. The van der Waals surface area contributed by atoms with Crippen molar-refractivity contribution in [3.63, 3.8) is 0 Å². The number of hydrogen-bond acceptors (Lipinski definition) is 5. The van der Waals surface area contributed by atoms with E-state index in [-0.39, 0.29) is 18.6 Å². The Balaban J connectivity index is 1.45. The molecule has 32 heavy (non-hydrogen) atoms. The standard InChI is InChI=1S/C22H22Cl2N4O4/c23-14-6-5-13(16(24)7-14)10-28-11-15(32-12-21(29)30)8-19(28)22(31)25-9-20-26-17-3-1-2-4-18(17)27-20/h1-7,15,19H,8-12H2,(H,25,31)(H,26,27)(H,29,30)/t15-,19+/m1/s1. The molecule has 2 aromatic carbocycles. The molecule has 1 amide bonds. The van der Waals surface area contributed by atoms with Gasteiger partial charge in [-0.1, -0.05) is 41.4 Å². The van der Waals surface area contributed by atoms with Crippen molar-refractivity contribution in [3.05, 3.63) is 63.9 Å². The van der Waals surface area contributed by atoms with E-state index in [9.17, 15) is 9.59 Å². The first-order valence-electron chi connectivity index (χ1n) is 10.1. The molecule has 1 saturated heterocycles. The van der Waals surface area contributed by atoms with Crippen LogP contribution in [0, 0.1) is 0 Å². The van der Waals surface area contributed by atoms with E-state index in [0.717, 1.165) is 16.6 Å². The zero-order valence-corrected chi connectivity index (χ0v) is 18.6. The van der Waals surface area contributed by atoms with Gasteiger partial charge < -0.3 is 20.1 Å². The Bertz CT molecular complexity index is 1100. The highest BCUT2D eigenvalue weighted by atomic mass is 35.5. The van der Waals surface area contributed by atoms with Crippen molar-refractivity contribution in [2.75, 3.05) is 13.2 Å². The molecule has 0 spiro atoms. The number of ether oxygens (including phenoxy) is 1. The number of aromatic amines is 1. The highest BCUT2D eigenvalue weighted by Crippen LogP contribution is 2.27. The van der Waals surface area contributed by atoms with Crippen LogP contribution < -0.4 is 5.32 Å². The molecule has 0 bridgehead atoms. The number of imidazole rings is 1. The number of hydrogen-bond donors (Lipinski definition) is 3. The summed E-state index contributed by atoms with van der Waals surface area (Å²) in [5, 5.41) is 12.9. The monoisotopic (exact) mass is 476 g/mol. The van der Waals surface area contributed by atoms with Gasteiger partial charge in [-0.3, -0.25) is 9.69 Å². The summed E-state index contributed by atoms with van der Waals surface area (Å²) in [7, 11) is 0. The minimum atomic E-state index is -1.05. The first-order chi connectivity index (χ1) is 15.4. The van der Waals surface area contributed by atoms with E-state index in [0.29, 0.717) is 35.4 Å². The number of benzene rings is 2. The molecule has 0 saturated carbocycles. The predicted octanol–water partition coefficient (Wildman–Crippen LogP) is 3.23. The van der Waals surface area contributed by atoms with Crippen molar-refractivity contribution in [1.82, 2.24) is 20.2 Å². The molecule has 10 heteroatoms. The number of carboxylic acids is 1. The number of carbonyl (C=O) groups is 2. The van der Waals surface area contributed by atoms with Crippen molar-refractivity contribution < 1.29 is 19.4 Å². The number of carboxylic acid groups (broad SMARTS) is 1. The number of halogens is 2. The van der Waals surface area contributed by atoms with E-state index < -0.39 is 18.6 Å². The van der Waals surface area contributed by atoms with Crippen LogP contribution in [0.4, 0.5) is 0 Å². The average molecular weight is 477 g/mol. The molecule has 8 nitrogen and oxygen atoms in total. The van der Waals surface area contributed by atoms with Crippen LogP contribution in [0.1, 0.15) is 17.8 Å². The molecule has 3 N–H and O–H groups in total. The Morgan fingerprint density at radius 1 is 1.25 bits per heavy atom. The zero-order chi connectivity index (χ0) is 22.7. The second kappa shape index (κ2) is 9.87. The fraction of sp³-hybridized carbons (Fsp3) is 0.318. The molecule has 2 heterocycles. The number of likely N-dealkylation sites (tertiary alicyclic amines) is 1. The van der Waals surface area contributed by atoms with Gasteiger partial charge in [-0.25, -0.2) is 9.78 Å². The summed E-state index contributed by atoms with van der Waals surface area (Å²) in [6.45, 7) is 0.661. The van der Waals surface area contributed by atoms with Crippen LogP contribution in [0.25, 0.3) is 11.0 Å². The third-order valence-corrected chi connectivity index (χ3v) is 5.95. The normalized spacial score (nSPS) is 18.8. The van der Waals surface area contributed by atoms with E-state index in [1.54, 1.807) is 12.1 Å². The maximum atomic E-state index is 13.0. The predicted molar refractivity (Wildman–Crippen MR) is 121 cm³/mol. The molecule has 1 aromatic heterocycles. The van der Waals surface area contributed by atoms with E-state index in [1.165, 1.54) is 0 Å². The van der Waals surface area contributed by atoms with E-state index in [4.69, 9.17) is 33.0 Å². The fourth-order valence-electron chi connectivity index (χ4n) is 3.87. The first-order valence-corrected chi connectivity index (χ1v) is 10.9. The third-order valence-electron chi connectivity index (χ3n) is 5.37. The van der Waals surface area contributed by atoms with Crippen LogP contribution in [0.2, 0.25) is 10.0 Å².